The molecule has 0 aromatic rings. The molecule has 0 bridgehead atoms. The number of hydrogen-bond acceptors (Lipinski definition) is 5. The van der Waals surface area contributed by atoms with Gasteiger partial charge < -0.3 is 5.11 Å². The van der Waals surface area contributed by atoms with Gasteiger partial charge in [-0.3, -0.25) is 4.79 Å². The first-order chi connectivity index (χ1) is 6.75. The number of amides is 1. The molecule has 0 heterocycles. The summed E-state index contributed by atoms with van der Waals surface area (Å²) in [6.07, 6.45) is 0. The first-order valence-electron chi connectivity index (χ1n) is 4.36. The summed E-state index contributed by atoms with van der Waals surface area (Å²) in [5.41, 5.74) is 0. The fourth-order valence-corrected chi connectivity index (χ4v) is 1.16. The van der Waals surface area contributed by atoms with Gasteiger partial charge in [0, 0.05) is 13.0 Å². The van der Waals surface area contributed by atoms with Crippen molar-refractivity contribution in [2.24, 2.45) is 5.29 Å². The third-order valence-electron chi connectivity index (χ3n) is 1.49. The van der Waals surface area contributed by atoms with Crippen molar-refractivity contribution in [2.75, 3.05) is 0 Å². The van der Waals surface area contributed by atoms with E-state index in [0.717, 1.165) is 0 Å². The second kappa shape index (κ2) is 4.41. The predicted molar refractivity (Wildman–Crippen MR) is 52.8 cm³/mol. The van der Waals surface area contributed by atoms with Gasteiger partial charge in [-0.1, -0.05) is 0 Å². The van der Waals surface area contributed by atoms with E-state index in [2.05, 4.69) is 17.9 Å². The highest BCUT2D eigenvalue weighted by Crippen LogP contribution is 2.23. The predicted octanol–water partition coefficient (Wildman–Crippen LogP) is 0.678. The molecule has 0 saturated carbocycles. The lowest BCUT2D eigenvalue weighted by atomic mass is 10.0. The molecule has 0 aromatic carbocycles. The number of nitroso groups, excluding NO2 is 1. The maximum Gasteiger partial charge on any atom is 0.330 e. The molecule has 1 N–H and O–H groups in total. The van der Waals surface area contributed by atoms with Crippen LogP contribution in [-0.2, 0) is 9.59 Å². The van der Waals surface area contributed by atoms with E-state index in [-0.39, 0.29) is 5.01 Å². The zero-order valence-corrected chi connectivity index (χ0v) is 8.69. The van der Waals surface area contributed by atoms with Crippen LogP contribution in [0.2, 0.25) is 0 Å². The lowest BCUT2D eigenvalue weighted by molar-refractivity contribution is -0.150. The normalized spacial score (nSPS) is 14.1. The van der Waals surface area contributed by atoms with Crippen LogP contribution in [0.3, 0.4) is 0 Å². The van der Waals surface area contributed by atoms with Crippen molar-refractivity contribution in [2.45, 2.75) is 31.5 Å². The van der Waals surface area contributed by atoms with Gasteiger partial charge in [0.15, 0.2) is 6.04 Å². The van der Waals surface area contributed by atoms with Crippen LogP contribution >= 0.6 is 12.6 Å². The van der Waals surface area contributed by atoms with Gasteiger partial charge in [0.2, 0.25) is 5.91 Å². The monoisotopic (exact) mass is 221 g/mol. The van der Waals surface area contributed by atoms with Crippen LogP contribution in [0.1, 0.15) is 22.1 Å². The van der Waals surface area contributed by atoms with Crippen molar-refractivity contribution < 1.29 is 16.1 Å². The average Bonchev–Trinajstić information content (AvgIpc) is 2.09. The van der Waals surface area contributed by atoms with E-state index in [1.165, 1.54) is 13.8 Å². The standard InChI is InChI=1S/C7H12N2O4S/c1-4(10)9(8-13)5(6(11)12)7(2,3)14/h5,14H,1-3H3,(H,11,12)/t5-/m1/s1/i1D. The van der Waals surface area contributed by atoms with Gasteiger partial charge in [-0.25, -0.2) is 4.79 Å². The smallest absolute Gasteiger partial charge is 0.330 e. The second-order valence-electron chi connectivity index (χ2n) is 3.21. The lowest BCUT2D eigenvalue weighted by Gasteiger charge is -2.30. The largest absolute Gasteiger partial charge is 0.480 e. The van der Waals surface area contributed by atoms with Gasteiger partial charge in [0.25, 0.3) is 0 Å². The molecular weight excluding hydrogens is 208 g/mol. The fourth-order valence-electron chi connectivity index (χ4n) is 0.943. The van der Waals surface area contributed by atoms with Crippen LogP contribution in [0.4, 0.5) is 0 Å². The Balaban J connectivity index is 5.13. The van der Waals surface area contributed by atoms with Crippen LogP contribution in [0.15, 0.2) is 5.29 Å². The van der Waals surface area contributed by atoms with Gasteiger partial charge in [-0.2, -0.15) is 17.6 Å². The molecule has 0 aliphatic rings. The number of rotatable bonds is 4. The number of aliphatic carboxylic acids is 1. The Kier molecular flexibility index (Phi) is 3.45. The Bertz CT molecular complexity index is 279. The van der Waals surface area contributed by atoms with Gasteiger partial charge in [0.1, 0.15) is 0 Å². The molecule has 0 fully saturated rings. The number of thiol groups is 1. The Morgan fingerprint density at radius 2 is 2.14 bits per heavy atom. The molecule has 7 heteroatoms. The molecule has 1 amide bonds. The van der Waals surface area contributed by atoms with Crippen molar-refractivity contribution in [1.29, 1.82) is 0 Å². The number of carbonyl (C=O) groups is 2. The van der Waals surface area contributed by atoms with Gasteiger partial charge in [-0.15, -0.1) is 4.91 Å². The minimum atomic E-state index is -1.49. The van der Waals surface area contributed by atoms with E-state index >= 15 is 0 Å². The third-order valence-corrected chi connectivity index (χ3v) is 1.74. The highest BCUT2D eigenvalue weighted by Gasteiger charge is 2.40. The van der Waals surface area contributed by atoms with Crippen molar-refractivity contribution in [3.8, 4) is 0 Å². The second-order valence-corrected chi connectivity index (χ2v) is 4.37. The topological polar surface area (TPSA) is 87.0 Å². The Labute approximate surface area is 88.0 Å². The number of hydrogen-bond donors (Lipinski definition) is 2. The van der Waals surface area contributed by atoms with Crippen LogP contribution in [0.25, 0.3) is 0 Å². The van der Waals surface area contributed by atoms with E-state index in [1.54, 1.807) is 0 Å². The molecule has 80 valence electrons. The summed E-state index contributed by atoms with van der Waals surface area (Å²) in [6.45, 7) is 2.13. The maximum atomic E-state index is 11.1. The van der Waals surface area contributed by atoms with Crippen LogP contribution in [0, 0.1) is 4.91 Å². The number of carboxylic acid groups (broad SMARTS) is 1. The van der Waals surface area contributed by atoms with Crippen molar-refractivity contribution in [3.63, 3.8) is 0 Å². The lowest BCUT2D eigenvalue weighted by Crippen LogP contribution is -2.51. The fraction of sp³-hybridized carbons (Fsp3) is 0.714. The minimum absolute atomic E-state index is 0.238. The van der Waals surface area contributed by atoms with E-state index in [0.29, 0.717) is 0 Å². The number of carbonyl (C=O) groups excluding carboxylic acids is 1. The molecule has 0 aliphatic heterocycles. The highest BCUT2D eigenvalue weighted by atomic mass is 32.1. The summed E-state index contributed by atoms with van der Waals surface area (Å²) in [7, 11) is 0. The van der Waals surface area contributed by atoms with Gasteiger partial charge >= 0.3 is 5.97 Å². The zero-order chi connectivity index (χ0) is 12.2. The van der Waals surface area contributed by atoms with E-state index in [9.17, 15) is 14.5 Å². The SMILES string of the molecule is [2H]CC(=O)N(N=O)[C@H](C(=O)O)C(C)(C)S. The number of carboxylic acids is 1. The van der Waals surface area contributed by atoms with Gasteiger partial charge in [0.05, 0.1) is 5.29 Å². The summed E-state index contributed by atoms with van der Waals surface area (Å²) in [5.74, 6) is -2.36. The minimum Gasteiger partial charge on any atom is -0.480 e. The summed E-state index contributed by atoms with van der Waals surface area (Å²) >= 11 is 3.98. The summed E-state index contributed by atoms with van der Waals surface area (Å²) in [4.78, 5) is 32.3. The summed E-state index contributed by atoms with van der Waals surface area (Å²) in [6, 6.07) is -1.49. The highest BCUT2D eigenvalue weighted by molar-refractivity contribution is 7.81. The molecule has 0 unspecified atom stereocenters. The molecule has 14 heavy (non-hydrogen) atoms. The van der Waals surface area contributed by atoms with Crippen molar-refractivity contribution in [3.05, 3.63) is 4.91 Å². The Morgan fingerprint density at radius 3 is 2.36 bits per heavy atom. The molecule has 0 aliphatic carbocycles. The van der Waals surface area contributed by atoms with Gasteiger partial charge in [-0.05, 0) is 13.8 Å². The Hall–Kier alpha value is -1.11. The molecule has 6 nitrogen and oxygen atoms in total. The molecule has 0 rings (SSSR count). The third kappa shape index (κ3) is 2.99. The molecule has 0 aromatic heterocycles. The molecule has 0 saturated heterocycles. The zero-order valence-electron chi connectivity index (χ0n) is 8.80. The Morgan fingerprint density at radius 1 is 1.64 bits per heavy atom. The van der Waals surface area contributed by atoms with Crippen molar-refractivity contribution >= 4 is 24.5 Å². The number of nitrogens with zero attached hydrogens (tertiary/aromatic N) is 2. The average molecular weight is 221 g/mol. The van der Waals surface area contributed by atoms with Crippen LogP contribution in [0.5, 0.6) is 0 Å². The first kappa shape index (κ1) is 11.0. The van der Waals surface area contributed by atoms with Crippen molar-refractivity contribution in [1.82, 2.24) is 5.01 Å². The molecule has 1 atom stereocenters. The molecule has 0 radical (unpaired) electrons. The van der Waals surface area contributed by atoms with E-state index < -0.39 is 29.6 Å². The van der Waals surface area contributed by atoms with E-state index in [4.69, 9.17) is 6.48 Å². The summed E-state index contributed by atoms with van der Waals surface area (Å²) in [5, 5.41) is 11.4. The van der Waals surface area contributed by atoms with Crippen LogP contribution < -0.4 is 0 Å². The maximum absolute atomic E-state index is 11.1. The molecule has 0 spiro atoms. The quantitative estimate of drug-likeness (QED) is 0.415. The summed E-state index contributed by atoms with van der Waals surface area (Å²) < 4.78 is 5.64. The van der Waals surface area contributed by atoms with E-state index in [1.807, 2.05) is 0 Å². The van der Waals surface area contributed by atoms with Crippen LogP contribution in [-0.4, -0.2) is 32.8 Å². The first-order valence-corrected chi connectivity index (χ1v) is 4.10. The molecular formula is C7H12N2O4S.